The molecule has 1 aromatic heterocycles. The van der Waals surface area contributed by atoms with Gasteiger partial charge in [0.15, 0.2) is 28.9 Å². The van der Waals surface area contributed by atoms with E-state index in [0.29, 0.717) is 22.6 Å². The Morgan fingerprint density at radius 2 is 1.26 bits per heavy atom. The van der Waals surface area contributed by atoms with Gasteiger partial charge >= 0.3 is 0 Å². The number of anilines is 1. The summed E-state index contributed by atoms with van der Waals surface area (Å²) >= 11 is 0. The molecule has 0 atom stereocenters. The van der Waals surface area contributed by atoms with E-state index in [2.05, 4.69) is 10.3 Å². The van der Waals surface area contributed by atoms with E-state index >= 15 is 0 Å². The highest BCUT2D eigenvalue weighted by molar-refractivity contribution is 6.05. The summed E-state index contributed by atoms with van der Waals surface area (Å²) in [4.78, 5) is 16.7. The van der Waals surface area contributed by atoms with Crippen molar-refractivity contribution in [1.29, 1.82) is 0 Å². The van der Waals surface area contributed by atoms with Crippen LogP contribution in [0, 0.1) is 29.1 Å². The maximum atomic E-state index is 13.9. The quantitative estimate of drug-likeness (QED) is 0.169. The molecule has 1 amide bonds. The van der Waals surface area contributed by atoms with E-state index in [1.54, 1.807) is 0 Å². The molecule has 9 heteroatoms. The summed E-state index contributed by atoms with van der Waals surface area (Å²) in [6, 6.07) is 21.4. The zero-order valence-corrected chi connectivity index (χ0v) is 17.6. The number of nitrogens with zero attached hydrogens (tertiary/aromatic N) is 1. The van der Waals surface area contributed by atoms with Gasteiger partial charge in [0.25, 0.3) is 5.91 Å². The van der Waals surface area contributed by atoms with Gasteiger partial charge in [-0.25, -0.2) is 26.9 Å². The Balaban J connectivity index is 1.41. The van der Waals surface area contributed by atoms with Crippen molar-refractivity contribution in [3.8, 4) is 22.6 Å². The van der Waals surface area contributed by atoms with Crippen LogP contribution in [0.2, 0.25) is 0 Å². The zero-order chi connectivity index (χ0) is 24.7. The second-order valence-corrected chi connectivity index (χ2v) is 7.54. The summed E-state index contributed by atoms with van der Waals surface area (Å²) in [5.74, 6) is -12.4. The molecule has 5 rings (SSSR count). The van der Waals surface area contributed by atoms with Gasteiger partial charge in [0, 0.05) is 11.3 Å². The van der Waals surface area contributed by atoms with Gasteiger partial charge in [-0.1, -0.05) is 42.5 Å². The Morgan fingerprint density at radius 3 is 1.91 bits per heavy atom. The molecule has 0 aliphatic carbocycles. The number of carbonyl (C=O) groups excluding carboxylic acids is 1. The van der Waals surface area contributed by atoms with Crippen LogP contribution in [0.5, 0.6) is 0 Å². The van der Waals surface area contributed by atoms with Crippen molar-refractivity contribution in [3.05, 3.63) is 107 Å². The molecular formula is C26H13F5N2O2. The van der Waals surface area contributed by atoms with Gasteiger partial charge in [-0.15, -0.1) is 0 Å². The second kappa shape index (κ2) is 8.68. The van der Waals surface area contributed by atoms with Gasteiger partial charge in [-0.3, -0.25) is 4.79 Å². The fraction of sp³-hybridized carbons (Fsp3) is 0. The summed E-state index contributed by atoms with van der Waals surface area (Å²) in [7, 11) is 0. The van der Waals surface area contributed by atoms with E-state index in [0.717, 1.165) is 11.1 Å². The molecule has 4 nitrogen and oxygen atoms in total. The Labute approximate surface area is 194 Å². The molecule has 0 aliphatic heterocycles. The van der Waals surface area contributed by atoms with Gasteiger partial charge in [0.2, 0.25) is 11.7 Å². The van der Waals surface area contributed by atoms with E-state index in [-0.39, 0.29) is 5.69 Å². The minimum absolute atomic E-state index is 0.0192. The van der Waals surface area contributed by atoms with Crippen molar-refractivity contribution >= 4 is 22.7 Å². The number of rotatable bonds is 4. The summed E-state index contributed by atoms with van der Waals surface area (Å²) in [6.07, 6.45) is 0. The van der Waals surface area contributed by atoms with Crippen LogP contribution in [-0.4, -0.2) is 10.9 Å². The minimum atomic E-state index is -2.34. The first-order chi connectivity index (χ1) is 16.8. The molecular weight excluding hydrogens is 467 g/mol. The van der Waals surface area contributed by atoms with Crippen molar-refractivity contribution in [1.82, 2.24) is 4.98 Å². The smallest absolute Gasteiger partial charge is 0.261 e. The molecule has 0 saturated carbocycles. The topological polar surface area (TPSA) is 55.1 Å². The highest BCUT2D eigenvalue weighted by Gasteiger charge is 2.29. The first-order valence-electron chi connectivity index (χ1n) is 10.2. The molecule has 1 heterocycles. The van der Waals surface area contributed by atoms with Gasteiger partial charge in [-0.2, -0.15) is 0 Å². The van der Waals surface area contributed by atoms with E-state index < -0.39 is 40.6 Å². The summed E-state index contributed by atoms with van der Waals surface area (Å²) in [5.41, 5.74) is 1.84. The molecule has 0 saturated heterocycles. The summed E-state index contributed by atoms with van der Waals surface area (Å²) < 4.78 is 73.7. The van der Waals surface area contributed by atoms with E-state index in [9.17, 15) is 26.7 Å². The average Bonchev–Trinajstić information content (AvgIpc) is 3.30. The van der Waals surface area contributed by atoms with E-state index in [1.807, 2.05) is 54.6 Å². The Hall–Kier alpha value is -4.53. The maximum absolute atomic E-state index is 13.9. The third-order valence-corrected chi connectivity index (χ3v) is 5.32. The fourth-order valence-electron chi connectivity index (χ4n) is 3.56. The fourth-order valence-corrected chi connectivity index (χ4v) is 3.56. The van der Waals surface area contributed by atoms with Crippen LogP contribution in [-0.2, 0) is 0 Å². The van der Waals surface area contributed by atoms with Crippen LogP contribution in [0.3, 0.4) is 0 Å². The molecule has 5 aromatic rings. The molecule has 174 valence electrons. The lowest BCUT2D eigenvalue weighted by atomic mass is 10.0. The second-order valence-electron chi connectivity index (χ2n) is 7.54. The lowest BCUT2D eigenvalue weighted by Crippen LogP contribution is -2.19. The molecule has 0 spiro atoms. The average molecular weight is 480 g/mol. The summed E-state index contributed by atoms with van der Waals surface area (Å²) in [5, 5.41) is 2.12. The van der Waals surface area contributed by atoms with E-state index in [4.69, 9.17) is 4.42 Å². The van der Waals surface area contributed by atoms with Crippen LogP contribution < -0.4 is 5.32 Å². The first kappa shape index (κ1) is 22.3. The Morgan fingerprint density at radius 1 is 0.686 bits per heavy atom. The van der Waals surface area contributed by atoms with Crippen LogP contribution in [0.15, 0.2) is 77.2 Å². The zero-order valence-electron chi connectivity index (χ0n) is 17.6. The monoisotopic (exact) mass is 480 g/mol. The van der Waals surface area contributed by atoms with Gasteiger partial charge in [0.05, 0.1) is 0 Å². The van der Waals surface area contributed by atoms with Crippen molar-refractivity contribution in [2.75, 3.05) is 5.32 Å². The number of amides is 1. The summed E-state index contributed by atoms with van der Waals surface area (Å²) in [6.45, 7) is 0. The number of nitrogens with one attached hydrogen (secondary N) is 1. The Bertz CT molecular complexity index is 1550. The molecule has 0 fully saturated rings. The number of halogens is 5. The maximum Gasteiger partial charge on any atom is 0.261 e. The third-order valence-electron chi connectivity index (χ3n) is 5.32. The molecule has 4 aromatic carbocycles. The number of benzene rings is 4. The van der Waals surface area contributed by atoms with Crippen molar-refractivity contribution in [2.45, 2.75) is 0 Å². The molecule has 0 bridgehead atoms. The number of fused-ring (bicyclic) bond motifs is 1. The number of aromatic nitrogens is 1. The number of hydrogen-bond acceptors (Lipinski definition) is 3. The van der Waals surface area contributed by atoms with Crippen LogP contribution in [0.25, 0.3) is 33.7 Å². The van der Waals surface area contributed by atoms with Crippen LogP contribution >= 0.6 is 0 Å². The normalized spacial score (nSPS) is 11.1. The predicted molar refractivity (Wildman–Crippen MR) is 119 cm³/mol. The standard InChI is InChI=1S/C26H13F5N2O2/c27-20-19(21(28)23(30)24(31)22(20)29)25(34)32-16-10-11-18-17(12-16)33-26(35-18)15-8-6-14(7-9-15)13-4-2-1-3-5-13/h1-12H,(H,32,34). The van der Waals surface area contributed by atoms with Gasteiger partial charge in [0.1, 0.15) is 11.1 Å². The molecule has 0 unspecified atom stereocenters. The molecule has 1 N–H and O–H groups in total. The number of hydrogen-bond donors (Lipinski definition) is 1. The lowest BCUT2D eigenvalue weighted by molar-refractivity contribution is 0.101. The van der Waals surface area contributed by atoms with E-state index in [1.165, 1.54) is 18.2 Å². The highest BCUT2D eigenvalue weighted by atomic mass is 19.2. The van der Waals surface area contributed by atoms with Crippen molar-refractivity contribution in [2.24, 2.45) is 0 Å². The van der Waals surface area contributed by atoms with Crippen LogP contribution in [0.4, 0.5) is 27.6 Å². The van der Waals surface area contributed by atoms with Gasteiger partial charge < -0.3 is 9.73 Å². The van der Waals surface area contributed by atoms with Gasteiger partial charge in [-0.05, 0) is 41.5 Å². The minimum Gasteiger partial charge on any atom is -0.436 e. The molecule has 0 radical (unpaired) electrons. The molecule has 35 heavy (non-hydrogen) atoms. The largest absolute Gasteiger partial charge is 0.436 e. The van der Waals surface area contributed by atoms with Crippen molar-refractivity contribution < 1.29 is 31.2 Å². The number of carbonyl (C=O) groups is 1. The number of oxazole rings is 1. The van der Waals surface area contributed by atoms with Crippen molar-refractivity contribution in [3.63, 3.8) is 0 Å². The lowest BCUT2D eigenvalue weighted by Gasteiger charge is -2.09. The highest BCUT2D eigenvalue weighted by Crippen LogP contribution is 2.29. The molecule has 0 aliphatic rings. The first-order valence-corrected chi connectivity index (χ1v) is 10.2. The SMILES string of the molecule is O=C(Nc1ccc2oc(-c3ccc(-c4ccccc4)cc3)nc2c1)c1c(F)c(F)c(F)c(F)c1F. The van der Waals surface area contributed by atoms with Crippen LogP contribution in [0.1, 0.15) is 10.4 Å². The third kappa shape index (κ3) is 4.01. The predicted octanol–water partition coefficient (Wildman–Crippen LogP) is 7.11. The Kier molecular flexibility index (Phi) is 5.52.